The number of nitriles is 1. The third-order valence-electron chi connectivity index (χ3n) is 5.20. The molecule has 0 radical (unpaired) electrons. The van der Waals surface area contributed by atoms with Gasteiger partial charge in [-0.3, -0.25) is 0 Å². The van der Waals surface area contributed by atoms with E-state index in [1.54, 1.807) is 0 Å². The second-order valence-electron chi connectivity index (χ2n) is 7.46. The van der Waals surface area contributed by atoms with E-state index in [1.807, 2.05) is 0 Å². The highest BCUT2D eigenvalue weighted by Gasteiger charge is 2.59. The first-order valence-corrected chi connectivity index (χ1v) is 6.34. The maximum atomic E-state index is 9.04. The number of rotatable bonds is 1. The van der Waals surface area contributed by atoms with Crippen LogP contribution in [0.25, 0.3) is 0 Å². The van der Waals surface area contributed by atoms with E-state index in [0.29, 0.717) is 16.2 Å². The normalized spacial score (nSPS) is 56.7. The van der Waals surface area contributed by atoms with Gasteiger partial charge in [-0.05, 0) is 60.7 Å². The lowest BCUT2D eigenvalue weighted by atomic mass is 9.40. The molecule has 2 unspecified atom stereocenters. The summed E-state index contributed by atoms with van der Waals surface area (Å²) in [7, 11) is 0. The monoisotopic (exact) mass is 203 g/mol. The first kappa shape index (κ1) is 9.70. The lowest BCUT2D eigenvalue weighted by Crippen LogP contribution is -2.54. The fraction of sp³-hybridized carbons (Fsp3) is 0.929. The van der Waals surface area contributed by atoms with Gasteiger partial charge in [0.15, 0.2) is 0 Å². The van der Waals surface area contributed by atoms with Gasteiger partial charge in [0.1, 0.15) is 0 Å². The van der Waals surface area contributed by atoms with E-state index < -0.39 is 0 Å². The number of hydrogen-bond acceptors (Lipinski definition) is 1. The van der Waals surface area contributed by atoms with Crippen molar-refractivity contribution in [1.29, 1.82) is 5.26 Å². The van der Waals surface area contributed by atoms with Gasteiger partial charge in [0.2, 0.25) is 0 Å². The Morgan fingerprint density at radius 2 is 1.67 bits per heavy atom. The lowest BCUT2D eigenvalue weighted by molar-refractivity contribution is -0.142. The van der Waals surface area contributed by atoms with Crippen molar-refractivity contribution in [2.24, 2.45) is 22.2 Å². The molecule has 0 saturated heterocycles. The zero-order chi connectivity index (χ0) is 10.7. The summed E-state index contributed by atoms with van der Waals surface area (Å²) in [6.45, 7) is 4.95. The van der Waals surface area contributed by atoms with E-state index in [4.69, 9.17) is 5.26 Å². The molecular weight excluding hydrogens is 182 g/mol. The Balaban J connectivity index is 1.99. The van der Waals surface area contributed by atoms with Crippen LogP contribution in [-0.4, -0.2) is 0 Å². The van der Waals surface area contributed by atoms with Crippen molar-refractivity contribution < 1.29 is 0 Å². The standard InChI is InChI=1S/C14H21N/c1-12-5-11-6-13(2,8-12)10-14(7-11,9-12)3-4-15/h11H,3,5-10H2,1-2H3/t11?,12-,13+,14?. The molecule has 4 saturated carbocycles. The zero-order valence-electron chi connectivity index (χ0n) is 9.97. The molecule has 0 N–H and O–H groups in total. The second kappa shape index (κ2) is 2.59. The Kier molecular flexibility index (Phi) is 1.68. The van der Waals surface area contributed by atoms with Crippen molar-refractivity contribution in [3.05, 3.63) is 0 Å². The van der Waals surface area contributed by atoms with Crippen molar-refractivity contribution in [2.45, 2.75) is 58.8 Å². The summed E-state index contributed by atoms with van der Waals surface area (Å²) in [5, 5.41) is 9.04. The fourth-order valence-electron chi connectivity index (χ4n) is 6.05. The van der Waals surface area contributed by atoms with Gasteiger partial charge in [0, 0.05) is 6.42 Å². The second-order valence-corrected chi connectivity index (χ2v) is 7.46. The number of hydrogen-bond donors (Lipinski definition) is 0. The predicted molar refractivity (Wildman–Crippen MR) is 60.1 cm³/mol. The topological polar surface area (TPSA) is 23.8 Å². The summed E-state index contributed by atoms with van der Waals surface area (Å²) in [6, 6.07) is 2.46. The highest BCUT2D eigenvalue weighted by atomic mass is 14.6. The van der Waals surface area contributed by atoms with Crippen LogP contribution in [0.5, 0.6) is 0 Å². The fourth-order valence-corrected chi connectivity index (χ4v) is 6.05. The summed E-state index contributed by atoms with van der Waals surface area (Å²) in [4.78, 5) is 0. The average molecular weight is 203 g/mol. The van der Waals surface area contributed by atoms with E-state index in [1.165, 1.54) is 38.5 Å². The molecular formula is C14H21N. The Morgan fingerprint density at radius 1 is 1.07 bits per heavy atom. The van der Waals surface area contributed by atoms with E-state index in [9.17, 15) is 0 Å². The molecule has 1 heteroatoms. The zero-order valence-corrected chi connectivity index (χ0v) is 9.97. The minimum atomic E-state index is 0.414. The third-order valence-corrected chi connectivity index (χ3v) is 5.20. The maximum absolute atomic E-state index is 9.04. The molecule has 0 amide bonds. The summed E-state index contributed by atoms with van der Waals surface area (Å²) < 4.78 is 0. The Morgan fingerprint density at radius 3 is 2.13 bits per heavy atom. The van der Waals surface area contributed by atoms with Crippen LogP contribution < -0.4 is 0 Å². The summed E-state index contributed by atoms with van der Waals surface area (Å²) in [5.74, 6) is 0.935. The van der Waals surface area contributed by atoms with Gasteiger partial charge in [-0.1, -0.05) is 13.8 Å². The molecule has 15 heavy (non-hydrogen) atoms. The van der Waals surface area contributed by atoms with E-state index in [0.717, 1.165) is 12.3 Å². The molecule has 4 fully saturated rings. The molecule has 1 nitrogen and oxygen atoms in total. The van der Waals surface area contributed by atoms with Gasteiger partial charge in [-0.2, -0.15) is 5.26 Å². The summed E-state index contributed by atoms with van der Waals surface area (Å²) in [5.41, 5.74) is 1.56. The van der Waals surface area contributed by atoms with Gasteiger partial charge >= 0.3 is 0 Å². The molecule has 4 aliphatic rings. The van der Waals surface area contributed by atoms with Gasteiger partial charge in [0.05, 0.1) is 6.07 Å². The molecule has 0 spiro atoms. The SMILES string of the molecule is C[C@]12CC3CC(CC#N)(C1)C[C@@](C)(C3)C2. The Labute approximate surface area is 92.9 Å². The van der Waals surface area contributed by atoms with E-state index >= 15 is 0 Å². The lowest BCUT2D eigenvalue weighted by Gasteiger charge is -2.65. The first-order chi connectivity index (χ1) is 6.97. The highest BCUT2D eigenvalue weighted by molar-refractivity contribution is 5.11. The van der Waals surface area contributed by atoms with Crippen LogP contribution in [-0.2, 0) is 0 Å². The van der Waals surface area contributed by atoms with Crippen LogP contribution in [0.15, 0.2) is 0 Å². The average Bonchev–Trinajstić information content (AvgIpc) is 1.94. The molecule has 0 aliphatic heterocycles. The van der Waals surface area contributed by atoms with Crippen molar-refractivity contribution >= 4 is 0 Å². The van der Waals surface area contributed by atoms with Gasteiger partial charge in [-0.25, -0.2) is 0 Å². The molecule has 4 bridgehead atoms. The van der Waals surface area contributed by atoms with Crippen molar-refractivity contribution in [3.8, 4) is 6.07 Å². The molecule has 0 aromatic heterocycles. The van der Waals surface area contributed by atoms with Gasteiger partial charge < -0.3 is 0 Å². The van der Waals surface area contributed by atoms with Crippen LogP contribution >= 0.6 is 0 Å². The molecule has 4 atom stereocenters. The Hall–Kier alpha value is -0.510. The van der Waals surface area contributed by atoms with Crippen molar-refractivity contribution in [2.75, 3.05) is 0 Å². The molecule has 0 aromatic rings. The number of nitrogens with zero attached hydrogens (tertiary/aromatic N) is 1. The smallest absolute Gasteiger partial charge is 0.0627 e. The highest BCUT2D eigenvalue weighted by Crippen LogP contribution is 2.70. The van der Waals surface area contributed by atoms with Crippen LogP contribution in [0, 0.1) is 33.5 Å². The van der Waals surface area contributed by atoms with E-state index in [2.05, 4.69) is 19.9 Å². The predicted octanol–water partition coefficient (Wildman–Crippen LogP) is 3.90. The van der Waals surface area contributed by atoms with Gasteiger partial charge in [-0.15, -0.1) is 0 Å². The minimum Gasteiger partial charge on any atom is -0.198 e. The van der Waals surface area contributed by atoms with Crippen LogP contribution in [0.3, 0.4) is 0 Å². The summed E-state index contributed by atoms with van der Waals surface area (Å²) >= 11 is 0. The van der Waals surface area contributed by atoms with Crippen LogP contribution in [0.2, 0.25) is 0 Å². The molecule has 0 heterocycles. The maximum Gasteiger partial charge on any atom is 0.0627 e. The molecule has 4 rings (SSSR count). The van der Waals surface area contributed by atoms with Gasteiger partial charge in [0.25, 0.3) is 0 Å². The largest absolute Gasteiger partial charge is 0.198 e. The van der Waals surface area contributed by atoms with Crippen LogP contribution in [0.1, 0.15) is 58.8 Å². The first-order valence-electron chi connectivity index (χ1n) is 6.34. The third kappa shape index (κ3) is 1.34. The van der Waals surface area contributed by atoms with Crippen molar-refractivity contribution in [1.82, 2.24) is 0 Å². The van der Waals surface area contributed by atoms with E-state index in [-0.39, 0.29) is 0 Å². The van der Waals surface area contributed by atoms with Crippen molar-refractivity contribution in [3.63, 3.8) is 0 Å². The summed E-state index contributed by atoms with van der Waals surface area (Å²) in [6.07, 6.45) is 9.13. The molecule has 82 valence electrons. The quantitative estimate of drug-likeness (QED) is 0.634. The molecule has 0 aromatic carbocycles. The Bertz CT molecular complexity index is 320. The molecule has 4 aliphatic carbocycles. The minimum absolute atomic E-state index is 0.414. The van der Waals surface area contributed by atoms with Crippen LogP contribution in [0.4, 0.5) is 0 Å².